The number of anilines is 2. The number of aryl methyl sites for hydroxylation is 2. The zero-order chi connectivity index (χ0) is 23.7. The van der Waals surface area contributed by atoms with Crippen LogP contribution in [0.4, 0.5) is 11.4 Å². The summed E-state index contributed by atoms with van der Waals surface area (Å²) < 4.78 is 5.61. The van der Waals surface area contributed by atoms with Crippen LogP contribution in [0.1, 0.15) is 11.1 Å². The molecule has 2 aromatic heterocycles. The Kier molecular flexibility index (Phi) is 5.81. The zero-order valence-electron chi connectivity index (χ0n) is 18.7. The highest BCUT2D eigenvalue weighted by Gasteiger charge is 2.28. The van der Waals surface area contributed by atoms with Crippen LogP contribution in [0.15, 0.2) is 66.2 Å². The van der Waals surface area contributed by atoms with Crippen molar-refractivity contribution in [1.82, 2.24) is 9.97 Å². The third-order valence-electron chi connectivity index (χ3n) is 5.54. The molecule has 0 saturated heterocycles. The molecule has 2 aromatic carbocycles. The summed E-state index contributed by atoms with van der Waals surface area (Å²) in [5.74, 6) is 0.0142. The maximum Gasteiger partial charge on any atom is 0.265 e. The lowest BCUT2D eigenvalue weighted by atomic mass is 10.1. The molecule has 0 saturated carbocycles. The Balaban J connectivity index is 1.40. The van der Waals surface area contributed by atoms with Crippen LogP contribution < -0.4 is 15.0 Å². The number of nitrogens with one attached hydrogen (secondary N) is 1. The summed E-state index contributed by atoms with van der Waals surface area (Å²) in [6, 6.07) is 17.1. The fourth-order valence-electron chi connectivity index (χ4n) is 3.84. The summed E-state index contributed by atoms with van der Waals surface area (Å²) in [7, 11) is 0. The molecule has 8 heteroatoms. The number of amides is 2. The Bertz CT molecular complexity index is 1380. The second-order valence-electron chi connectivity index (χ2n) is 8.07. The molecular formula is C26H22N4O3S. The number of hydrogen-bond donors (Lipinski definition) is 1. The van der Waals surface area contributed by atoms with E-state index in [2.05, 4.69) is 10.3 Å². The highest BCUT2D eigenvalue weighted by molar-refractivity contribution is 7.13. The molecule has 0 unspecified atom stereocenters. The van der Waals surface area contributed by atoms with Crippen LogP contribution in [-0.2, 0) is 9.59 Å². The monoisotopic (exact) mass is 470 g/mol. The number of pyridine rings is 1. The topological polar surface area (TPSA) is 84.4 Å². The van der Waals surface area contributed by atoms with E-state index in [0.717, 1.165) is 38.8 Å². The maximum atomic E-state index is 12.8. The van der Waals surface area contributed by atoms with Crippen molar-refractivity contribution in [2.24, 2.45) is 0 Å². The summed E-state index contributed by atoms with van der Waals surface area (Å²) in [5, 5.41) is 5.68. The van der Waals surface area contributed by atoms with E-state index in [0.29, 0.717) is 11.4 Å². The molecule has 0 radical (unpaired) electrons. The molecule has 3 heterocycles. The summed E-state index contributed by atoms with van der Waals surface area (Å²) in [5.41, 5.74) is 5.78. The molecule has 0 bridgehead atoms. The van der Waals surface area contributed by atoms with E-state index >= 15 is 0 Å². The van der Waals surface area contributed by atoms with Crippen LogP contribution in [0.3, 0.4) is 0 Å². The second kappa shape index (κ2) is 9.07. The van der Waals surface area contributed by atoms with Gasteiger partial charge in [0.25, 0.3) is 5.91 Å². The van der Waals surface area contributed by atoms with Crippen LogP contribution in [0, 0.1) is 13.8 Å². The van der Waals surface area contributed by atoms with E-state index in [1.807, 2.05) is 73.8 Å². The van der Waals surface area contributed by atoms with E-state index in [1.165, 1.54) is 16.2 Å². The van der Waals surface area contributed by atoms with Crippen LogP contribution in [-0.4, -0.2) is 34.9 Å². The van der Waals surface area contributed by atoms with E-state index < -0.39 is 0 Å². The lowest BCUT2D eigenvalue weighted by Gasteiger charge is -2.29. The largest absolute Gasteiger partial charge is 0.482 e. The molecule has 0 spiro atoms. The fourth-order valence-corrected chi connectivity index (χ4v) is 4.64. The van der Waals surface area contributed by atoms with Gasteiger partial charge in [-0.1, -0.05) is 23.8 Å². The van der Waals surface area contributed by atoms with Crippen LogP contribution in [0.2, 0.25) is 0 Å². The van der Waals surface area contributed by atoms with Gasteiger partial charge in [-0.25, -0.2) is 4.98 Å². The maximum absolute atomic E-state index is 12.8. The van der Waals surface area contributed by atoms with Crippen molar-refractivity contribution in [3.05, 3.63) is 77.3 Å². The number of aromatic nitrogens is 2. The highest BCUT2D eigenvalue weighted by atomic mass is 32.1. The molecular weight excluding hydrogens is 448 g/mol. The van der Waals surface area contributed by atoms with E-state index in [9.17, 15) is 9.59 Å². The molecule has 0 aliphatic carbocycles. The minimum atomic E-state index is -0.273. The van der Waals surface area contributed by atoms with Gasteiger partial charge >= 0.3 is 0 Å². The van der Waals surface area contributed by atoms with E-state index in [-0.39, 0.29) is 25.0 Å². The van der Waals surface area contributed by atoms with E-state index in [1.54, 1.807) is 6.20 Å². The van der Waals surface area contributed by atoms with Gasteiger partial charge in [-0.2, -0.15) is 0 Å². The Morgan fingerprint density at radius 3 is 2.79 bits per heavy atom. The normalized spacial score (nSPS) is 12.8. The Morgan fingerprint density at radius 2 is 2.00 bits per heavy atom. The van der Waals surface area contributed by atoms with Crippen LogP contribution >= 0.6 is 11.3 Å². The molecule has 34 heavy (non-hydrogen) atoms. The number of fused-ring (bicyclic) bond motifs is 1. The molecule has 7 nitrogen and oxygen atoms in total. The predicted molar refractivity (Wildman–Crippen MR) is 133 cm³/mol. The Hall–Kier alpha value is -4.04. The van der Waals surface area contributed by atoms with E-state index in [4.69, 9.17) is 9.72 Å². The zero-order valence-corrected chi connectivity index (χ0v) is 19.6. The van der Waals surface area contributed by atoms with Gasteiger partial charge in [-0.3, -0.25) is 19.5 Å². The number of hydrogen-bond acceptors (Lipinski definition) is 6. The van der Waals surface area contributed by atoms with Crippen molar-refractivity contribution < 1.29 is 14.3 Å². The first-order valence-corrected chi connectivity index (χ1v) is 11.7. The standard InChI is InChI=1S/C26H22N4O3S/c1-16-6-8-19(17(2)11-16)28-24(31)13-30-22-12-18(7-9-23(22)33-14-25(30)32)21-15-34-26(29-21)20-5-3-4-10-27-20/h3-12,15H,13-14H2,1-2H3,(H,28,31). The molecule has 1 N–H and O–H groups in total. The third-order valence-corrected chi connectivity index (χ3v) is 6.41. The average Bonchev–Trinajstić information content (AvgIpc) is 3.33. The van der Waals surface area contributed by atoms with Crippen molar-refractivity contribution >= 4 is 34.5 Å². The number of benzene rings is 2. The number of rotatable bonds is 5. The number of carbonyl (C=O) groups excluding carboxylic acids is 2. The molecule has 5 rings (SSSR count). The lowest BCUT2D eigenvalue weighted by Crippen LogP contribution is -2.43. The van der Waals surface area contributed by atoms with Gasteiger partial charge in [0, 0.05) is 22.8 Å². The van der Waals surface area contributed by atoms with Gasteiger partial charge in [0.1, 0.15) is 17.3 Å². The van der Waals surface area contributed by atoms with Crippen molar-refractivity contribution in [2.75, 3.05) is 23.4 Å². The molecule has 4 aromatic rings. The smallest absolute Gasteiger partial charge is 0.265 e. The first-order chi connectivity index (χ1) is 16.5. The Labute approximate surface area is 201 Å². The van der Waals surface area contributed by atoms with Crippen molar-refractivity contribution in [3.63, 3.8) is 0 Å². The van der Waals surface area contributed by atoms with Crippen LogP contribution in [0.25, 0.3) is 22.0 Å². The Morgan fingerprint density at radius 1 is 1.12 bits per heavy atom. The number of thiazole rings is 1. The van der Waals surface area contributed by atoms with Crippen molar-refractivity contribution in [3.8, 4) is 27.7 Å². The first kappa shape index (κ1) is 21.8. The molecule has 1 aliphatic rings. The lowest BCUT2D eigenvalue weighted by molar-refractivity contribution is -0.123. The molecule has 170 valence electrons. The van der Waals surface area contributed by atoms with Gasteiger partial charge in [0.15, 0.2) is 6.61 Å². The minimum absolute atomic E-state index is 0.107. The van der Waals surface area contributed by atoms with Gasteiger partial charge in [0.05, 0.1) is 17.1 Å². The molecule has 1 aliphatic heterocycles. The number of nitrogens with zero attached hydrogens (tertiary/aromatic N) is 3. The molecule has 2 amide bonds. The van der Waals surface area contributed by atoms with Gasteiger partial charge in [-0.15, -0.1) is 11.3 Å². The van der Waals surface area contributed by atoms with Gasteiger partial charge in [0.2, 0.25) is 5.91 Å². The SMILES string of the molecule is Cc1ccc(NC(=O)CN2C(=O)COc3ccc(-c4csc(-c5ccccn5)n4)cc32)c(C)c1. The molecule has 0 atom stereocenters. The fraction of sp³-hybridized carbons (Fsp3) is 0.154. The summed E-state index contributed by atoms with van der Waals surface area (Å²) >= 11 is 1.50. The second-order valence-corrected chi connectivity index (χ2v) is 8.93. The minimum Gasteiger partial charge on any atom is -0.482 e. The van der Waals surface area contributed by atoms with Crippen LogP contribution in [0.5, 0.6) is 5.75 Å². The summed E-state index contributed by atoms with van der Waals surface area (Å²) in [6.45, 7) is 3.73. The van der Waals surface area contributed by atoms with Gasteiger partial charge in [-0.05, 0) is 55.8 Å². The molecule has 0 fully saturated rings. The quantitative estimate of drug-likeness (QED) is 0.451. The number of ether oxygens (including phenoxy) is 1. The average molecular weight is 471 g/mol. The van der Waals surface area contributed by atoms with Crippen molar-refractivity contribution in [2.45, 2.75) is 13.8 Å². The third kappa shape index (κ3) is 4.40. The number of carbonyl (C=O) groups is 2. The predicted octanol–water partition coefficient (Wildman–Crippen LogP) is 4.85. The van der Waals surface area contributed by atoms with Crippen molar-refractivity contribution in [1.29, 1.82) is 0 Å². The first-order valence-electron chi connectivity index (χ1n) is 10.8. The summed E-state index contributed by atoms with van der Waals surface area (Å²) in [4.78, 5) is 36.0. The summed E-state index contributed by atoms with van der Waals surface area (Å²) in [6.07, 6.45) is 1.74. The van der Waals surface area contributed by atoms with Gasteiger partial charge < -0.3 is 10.1 Å². The highest BCUT2D eigenvalue weighted by Crippen LogP contribution is 2.37.